The molecule has 1 fully saturated rings. The Morgan fingerprint density at radius 2 is 2.12 bits per heavy atom. The number of benzene rings is 1. The van der Waals surface area contributed by atoms with Crippen LogP contribution in [-0.2, 0) is 13.0 Å². The van der Waals surface area contributed by atoms with Crippen molar-refractivity contribution >= 4 is 12.4 Å². The highest BCUT2D eigenvalue weighted by atomic mass is 35.5. The van der Waals surface area contributed by atoms with Gasteiger partial charge in [-0.2, -0.15) is 5.10 Å². The van der Waals surface area contributed by atoms with Crippen LogP contribution >= 0.6 is 12.4 Å². The van der Waals surface area contributed by atoms with E-state index in [-0.39, 0.29) is 18.2 Å². The lowest BCUT2D eigenvalue weighted by molar-refractivity contribution is 0.627. The molecule has 0 bridgehead atoms. The third kappa shape index (κ3) is 2.33. The van der Waals surface area contributed by atoms with Crippen molar-refractivity contribution in [2.45, 2.75) is 32.7 Å². The Labute approximate surface area is 145 Å². The largest absolute Gasteiger partial charge is 0.300 e. The second kappa shape index (κ2) is 5.41. The Morgan fingerprint density at radius 3 is 2.92 bits per heavy atom. The van der Waals surface area contributed by atoms with Crippen LogP contribution in [0.25, 0.3) is 17.1 Å². The fourth-order valence-electron chi connectivity index (χ4n) is 3.27. The van der Waals surface area contributed by atoms with Gasteiger partial charge >= 0.3 is 0 Å². The molecule has 0 amide bonds. The van der Waals surface area contributed by atoms with Gasteiger partial charge in [0.25, 0.3) is 0 Å². The molecule has 2 aliphatic rings. The van der Waals surface area contributed by atoms with E-state index >= 15 is 0 Å². The maximum Gasteiger partial charge on any atom is 0.160 e. The number of nitrogens with zero attached hydrogens (tertiary/aromatic N) is 5. The monoisotopic (exact) mass is 345 g/mol. The van der Waals surface area contributed by atoms with Crippen LogP contribution in [-0.4, -0.2) is 24.3 Å². The topological polar surface area (TPSA) is 48.5 Å². The Balaban J connectivity index is 0.00000146. The normalized spacial score (nSPS) is 15.1. The zero-order valence-electron chi connectivity index (χ0n) is 13.2. The molecule has 5 nitrogen and oxygen atoms in total. The highest BCUT2D eigenvalue weighted by molar-refractivity contribution is 5.85. The molecule has 124 valence electrons. The van der Waals surface area contributed by atoms with Gasteiger partial charge in [0.2, 0.25) is 0 Å². The lowest BCUT2D eigenvalue weighted by atomic mass is 10.1. The van der Waals surface area contributed by atoms with Gasteiger partial charge < -0.3 is 4.57 Å². The molecule has 0 saturated heterocycles. The number of hydrogen-bond acceptors (Lipinski definition) is 3. The zero-order chi connectivity index (χ0) is 15.6. The lowest BCUT2D eigenvalue weighted by Gasteiger charge is -2.08. The molecule has 1 aromatic carbocycles. The Kier molecular flexibility index (Phi) is 3.46. The molecule has 0 unspecified atom stereocenters. The summed E-state index contributed by atoms with van der Waals surface area (Å²) in [5.74, 6) is 2.07. The van der Waals surface area contributed by atoms with E-state index in [0.29, 0.717) is 6.54 Å². The second-order valence-electron chi connectivity index (χ2n) is 6.46. The van der Waals surface area contributed by atoms with Crippen molar-refractivity contribution in [3.63, 3.8) is 0 Å². The van der Waals surface area contributed by atoms with E-state index in [4.69, 9.17) is 4.98 Å². The summed E-state index contributed by atoms with van der Waals surface area (Å²) in [5, 5.41) is 4.68. The fourth-order valence-corrected chi connectivity index (χ4v) is 3.27. The highest BCUT2D eigenvalue weighted by Crippen LogP contribution is 2.35. The number of hydrogen-bond donors (Lipinski definition) is 0. The summed E-state index contributed by atoms with van der Waals surface area (Å²) in [7, 11) is 0. The van der Waals surface area contributed by atoms with Crippen LogP contribution in [0.3, 0.4) is 0 Å². The third-order valence-corrected chi connectivity index (χ3v) is 4.72. The van der Waals surface area contributed by atoms with E-state index in [1.807, 2.05) is 16.2 Å². The molecular weight excluding hydrogens is 329 g/mol. The first-order valence-corrected chi connectivity index (χ1v) is 7.96. The molecule has 0 radical (unpaired) electrons. The van der Waals surface area contributed by atoms with Crippen LogP contribution < -0.4 is 0 Å². The average Bonchev–Trinajstić information content (AvgIpc) is 3.17. The smallest absolute Gasteiger partial charge is 0.160 e. The van der Waals surface area contributed by atoms with Gasteiger partial charge in [0.05, 0.1) is 29.9 Å². The molecule has 5 rings (SSSR count). The summed E-state index contributed by atoms with van der Waals surface area (Å²) in [6, 6.07) is 4.82. The van der Waals surface area contributed by atoms with Gasteiger partial charge in [0.15, 0.2) is 11.6 Å². The fraction of sp³-hybridized carbons (Fsp3) is 0.353. The van der Waals surface area contributed by atoms with Crippen molar-refractivity contribution in [2.75, 3.05) is 0 Å². The minimum atomic E-state index is -0.262. The average molecular weight is 346 g/mol. The number of aryl methyl sites for hydroxylation is 1. The molecule has 7 heteroatoms. The molecule has 1 saturated carbocycles. The van der Waals surface area contributed by atoms with Crippen LogP contribution in [0.4, 0.5) is 4.39 Å². The van der Waals surface area contributed by atoms with E-state index < -0.39 is 0 Å². The van der Waals surface area contributed by atoms with E-state index in [2.05, 4.69) is 10.1 Å². The molecule has 1 aliphatic heterocycles. The van der Waals surface area contributed by atoms with Crippen LogP contribution in [0.1, 0.15) is 30.1 Å². The summed E-state index contributed by atoms with van der Waals surface area (Å²) < 4.78 is 17.8. The van der Waals surface area contributed by atoms with Crippen molar-refractivity contribution in [3.8, 4) is 17.1 Å². The predicted octanol–water partition coefficient (Wildman–Crippen LogP) is 3.31. The molecule has 3 heterocycles. The van der Waals surface area contributed by atoms with E-state index in [0.717, 1.165) is 46.6 Å². The number of fused-ring (bicyclic) bond motifs is 5. The minimum Gasteiger partial charge on any atom is -0.300 e. The SMILES string of the molecule is Cc1ncn2c1Cn1nc(CC3CC3)nc1-c1cc(F)ccc1-2.Cl. The van der Waals surface area contributed by atoms with Gasteiger partial charge in [-0.25, -0.2) is 19.0 Å². The summed E-state index contributed by atoms with van der Waals surface area (Å²) in [4.78, 5) is 9.12. The third-order valence-electron chi connectivity index (χ3n) is 4.72. The predicted molar refractivity (Wildman–Crippen MR) is 90.1 cm³/mol. The van der Waals surface area contributed by atoms with Gasteiger partial charge in [0.1, 0.15) is 5.82 Å². The standard InChI is InChI=1S/C17H16FN5.ClH/c1-10-15-8-23-17(20-16(21-23)6-11-2-3-11)13-7-12(18)4-5-14(13)22(15)9-19-10;/h4-5,7,9,11H,2-3,6,8H2,1H3;1H. The summed E-state index contributed by atoms with van der Waals surface area (Å²) in [5.41, 5.74) is 3.72. The summed E-state index contributed by atoms with van der Waals surface area (Å²) >= 11 is 0. The van der Waals surface area contributed by atoms with Crippen LogP contribution in [0.15, 0.2) is 24.5 Å². The first kappa shape index (κ1) is 15.3. The molecule has 3 aromatic rings. The first-order chi connectivity index (χ1) is 11.2. The summed E-state index contributed by atoms with van der Waals surface area (Å²) in [6.07, 6.45) is 5.24. The van der Waals surface area contributed by atoms with E-state index in [9.17, 15) is 4.39 Å². The van der Waals surface area contributed by atoms with Crippen molar-refractivity contribution < 1.29 is 4.39 Å². The quantitative estimate of drug-likeness (QED) is 0.560. The van der Waals surface area contributed by atoms with Gasteiger partial charge in [-0.1, -0.05) is 0 Å². The Morgan fingerprint density at radius 1 is 1.29 bits per heavy atom. The maximum atomic E-state index is 13.8. The van der Waals surface area contributed by atoms with Gasteiger partial charge in [-0.3, -0.25) is 0 Å². The van der Waals surface area contributed by atoms with Crippen LogP contribution in [0.2, 0.25) is 0 Å². The molecule has 0 N–H and O–H groups in total. The number of halogens is 2. The summed E-state index contributed by atoms with van der Waals surface area (Å²) in [6.45, 7) is 2.59. The van der Waals surface area contributed by atoms with Gasteiger partial charge in [-0.05, 0) is 43.9 Å². The zero-order valence-corrected chi connectivity index (χ0v) is 14.1. The molecule has 2 aromatic heterocycles. The number of rotatable bonds is 2. The first-order valence-electron chi connectivity index (χ1n) is 7.96. The molecule has 0 atom stereocenters. The maximum absolute atomic E-state index is 13.8. The van der Waals surface area contributed by atoms with E-state index in [1.54, 1.807) is 18.5 Å². The molecular formula is C17H17ClFN5. The Bertz CT molecular complexity index is 925. The molecule has 24 heavy (non-hydrogen) atoms. The van der Waals surface area contributed by atoms with Gasteiger partial charge in [-0.15, -0.1) is 12.4 Å². The number of aromatic nitrogens is 5. The highest BCUT2D eigenvalue weighted by Gasteiger charge is 2.27. The minimum absolute atomic E-state index is 0. The van der Waals surface area contributed by atoms with Crippen molar-refractivity contribution in [3.05, 3.63) is 47.6 Å². The van der Waals surface area contributed by atoms with Crippen LogP contribution in [0, 0.1) is 18.7 Å². The Hall–Kier alpha value is -2.21. The van der Waals surface area contributed by atoms with E-state index in [1.165, 1.54) is 18.9 Å². The second-order valence-corrected chi connectivity index (χ2v) is 6.46. The number of imidazole rings is 1. The molecule has 0 spiro atoms. The van der Waals surface area contributed by atoms with Crippen molar-refractivity contribution in [1.29, 1.82) is 0 Å². The van der Waals surface area contributed by atoms with Crippen LogP contribution in [0.5, 0.6) is 0 Å². The molecule has 1 aliphatic carbocycles. The van der Waals surface area contributed by atoms with Gasteiger partial charge in [0, 0.05) is 12.0 Å². The lowest BCUT2D eigenvalue weighted by Crippen LogP contribution is -2.06. The van der Waals surface area contributed by atoms with Crippen molar-refractivity contribution in [1.82, 2.24) is 24.3 Å². The van der Waals surface area contributed by atoms with Crippen molar-refractivity contribution in [2.24, 2.45) is 5.92 Å².